The molecule has 0 aromatic carbocycles. The molecule has 66 valence electrons. The van der Waals surface area contributed by atoms with Crippen molar-refractivity contribution >= 4 is 17.2 Å². The number of hydrogen-bond acceptors (Lipinski definition) is 4. The normalized spacial score (nSPS) is 10.2. The number of anilines is 1. The van der Waals surface area contributed by atoms with Gasteiger partial charge in [0, 0.05) is 24.2 Å². The van der Waals surface area contributed by atoms with Crippen LogP contribution in [0.5, 0.6) is 0 Å². The minimum atomic E-state index is 0.564. The number of rotatable bonds is 2. The van der Waals surface area contributed by atoms with Crippen molar-refractivity contribution in [2.45, 2.75) is 6.42 Å². The van der Waals surface area contributed by atoms with Gasteiger partial charge in [0.25, 0.3) is 0 Å². The van der Waals surface area contributed by atoms with Crippen LogP contribution in [0.2, 0.25) is 0 Å². The third-order valence-electron chi connectivity index (χ3n) is 1.68. The Hall–Kier alpha value is -1.42. The van der Waals surface area contributed by atoms with Crippen LogP contribution in [0, 0.1) is 0 Å². The Kier molecular flexibility index (Phi) is 2.23. The molecular weight excluding hydrogens is 182 g/mol. The highest BCUT2D eigenvalue weighted by Crippen LogP contribution is 2.12. The molecule has 0 aliphatic carbocycles. The van der Waals surface area contributed by atoms with Gasteiger partial charge in [-0.3, -0.25) is 0 Å². The lowest BCUT2D eigenvalue weighted by Gasteiger charge is -1.97. The summed E-state index contributed by atoms with van der Waals surface area (Å²) in [5.41, 5.74) is 6.71. The molecule has 2 rings (SSSR count). The van der Waals surface area contributed by atoms with Crippen LogP contribution in [-0.2, 0) is 6.42 Å². The van der Waals surface area contributed by atoms with Crippen molar-refractivity contribution in [3.05, 3.63) is 40.5 Å². The molecule has 4 heteroatoms. The Morgan fingerprint density at radius 1 is 1.31 bits per heavy atom. The Labute approximate surface area is 80.3 Å². The van der Waals surface area contributed by atoms with E-state index >= 15 is 0 Å². The molecule has 2 heterocycles. The van der Waals surface area contributed by atoms with Crippen molar-refractivity contribution in [2.75, 3.05) is 5.73 Å². The van der Waals surface area contributed by atoms with E-state index < -0.39 is 0 Å². The molecule has 0 amide bonds. The summed E-state index contributed by atoms with van der Waals surface area (Å²) in [6.45, 7) is 0. The van der Waals surface area contributed by atoms with E-state index in [0.717, 1.165) is 17.0 Å². The number of nitrogen functional groups attached to an aromatic ring is 1. The first-order valence-corrected chi connectivity index (χ1v) is 4.81. The monoisotopic (exact) mass is 191 g/mol. The predicted octanol–water partition coefficient (Wildman–Crippen LogP) is 1.71. The number of thiazole rings is 1. The first-order chi connectivity index (χ1) is 6.34. The molecule has 0 aliphatic rings. The maximum Gasteiger partial charge on any atom is 0.123 e. The molecule has 3 nitrogen and oxygen atoms in total. The SMILES string of the molecule is Nc1cc(Cc2nccs2)ccn1. The summed E-state index contributed by atoms with van der Waals surface area (Å²) in [6, 6.07) is 3.83. The van der Waals surface area contributed by atoms with E-state index in [0.29, 0.717) is 5.82 Å². The first kappa shape index (κ1) is 8.19. The molecule has 13 heavy (non-hydrogen) atoms. The maximum absolute atomic E-state index is 5.56. The van der Waals surface area contributed by atoms with Crippen molar-refractivity contribution in [2.24, 2.45) is 0 Å². The van der Waals surface area contributed by atoms with Gasteiger partial charge in [-0.05, 0) is 17.7 Å². The van der Waals surface area contributed by atoms with Gasteiger partial charge in [-0.15, -0.1) is 11.3 Å². The highest BCUT2D eigenvalue weighted by Gasteiger charge is 1.98. The Balaban J connectivity index is 2.19. The average molecular weight is 191 g/mol. The van der Waals surface area contributed by atoms with E-state index in [2.05, 4.69) is 9.97 Å². The lowest BCUT2D eigenvalue weighted by molar-refractivity contribution is 1.12. The molecule has 0 spiro atoms. The van der Waals surface area contributed by atoms with Crippen LogP contribution in [0.25, 0.3) is 0 Å². The maximum atomic E-state index is 5.56. The molecule has 0 fully saturated rings. The molecule has 0 radical (unpaired) electrons. The predicted molar refractivity (Wildman–Crippen MR) is 53.6 cm³/mol. The number of hydrogen-bond donors (Lipinski definition) is 1. The van der Waals surface area contributed by atoms with Crippen LogP contribution in [0.3, 0.4) is 0 Å². The molecule has 0 atom stereocenters. The standard InChI is InChI=1S/C9H9N3S/c10-8-5-7(1-2-11-8)6-9-12-3-4-13-9/h1-5H,6H2,(H2,10,11). The summed E-state index contributed by atoms with van der Waals surface area (Å²) in [5.74, 6) is 0.564. The van der Waals surface area contributed by atoms with Crippen molar-refractivity contribution < 1.29 is 0 Å². The van der Waals surface area contributed by atoms with Crippen molar-refractivity contribution in [1.82, 2.24) is 9.97 Å². The molecule has 0 unspecified atom stereocenters. The summed E-state index contributed by atoms with van der Waals surface area (Å²) >= 11 is 1.65. The first-order valence-electron chi connectivity index (χ1n) is 3.93. The van der Waals surface area contributed by atoms with Crippen LogP contribution in [0.4, 0.5) is 5.82 Å². The number of nitrogens with two attached hydrogens (primary N) is 1. The van der Waals surface area contributed by atoms with Crippen LogP contribution < -0.4 is 5.73 Å². The van der Waals surface area contributed by atoms with Gasteiger partial charge >= 0.3 is 0 Å². The van der Waals surface area contributed by atoms with E-state index in [1.54, 1.807) is 17.5 Å². The second-order valence-corrected chi connectivity index (χ2v) is 3.67. The number of nitrogens with zero attached hydrogens (tertiary/aromatic N) is 2. The topological polar surface area (TPSA) is 51.8 Å². The molecule has 2 aromatic rings. The van der Waals surface area contributed by atoms with E-state index in [9.17, 15) is 0 Å². The van der Waals surface area contributed by atoms with E-state index in [4.69, 9.17) is 5.73 Å². The summed E-state index contributed by atoms with van der Waals surface area (Å²) in [5, 5.41) is 3.07. The molecule has 0 saturated heterocycles. The molecule has 0 aliphatic heterocycles. The average Bonchev–Trinajstić information content (AvgIpc) is 2.57. The molecule has 0 bridgehead atoms. The van der Waals surface area contributed by atoms with Gasteiger partial charge in [-0.25, -0.2) is 9.97 Å². The third-order valence-corrected chi connectivity index (χ3v) is 2.46. The van der Waals surface area contributed by atoms with E-state index in [1.165, 1.54) is 0 Å². The third kappa shape index (κ3) is 2.03. The molecule has 2 aromatic heterocycles. The van der Waals surface area contributed by atoms with Gasteiger partial charge in [0.2, 0.25) is 0 Å². The largest absolute Gasteiger partial charge is 0.384 e. The zero-order chi connectivity index (χ0) is 9.10. The van der Waals surface area contributed by atoms with Crippen LogP contribution in [-0.4, -0.2) is 9.97 Å². The van der Waals surface area contributed by atoms with Gasteiger partial charge in [-0.1, -0.05) is 0 Å². The Morgan fingerprint density at radius 2 is 2.23 bits per heavy atom. The molecular formula is C9H9N3S. The van der Waals surface area contributed by atoms with Gasteiger partial charge in [0.15, 0.2) is 0 Å². The van der Waals surface area contributed by atoms with E-state index in [-0.39, 0.29) is 0 Å². The summed E-state index contributed by atoms with van der Waals surface area (Å²) < 4.78 is 0. The summed E-state index contributed by atoms with van der Waals surface area (Å²) in [6.07, 6.45) is 4.37. The zero-order valence-corrected chi connectivity index (χ0v) is 7.79. The second-order valence-electron chi connectivity index (χ2n) is 2.69. The lowest BCUT2D eigenvalue weighted by Crippen LogP contribution is -1.92. The smallest absolute Gasteiger partial charge is 0.123 e. The Morgan fingerprint density at radius 3 is 2.92 bits per heavy atom. The fourth-order valence-corrected chi connectivity index (χ4v) is 1.77. The van der Waals surface area contributed by atoms with Crippen LogP contribution >= 0.6 is 11.3 Å². The fourth-order valence-electron chi connectivity index (χ4n) is 1.12. The van der Waals surface area contributed by atoms with Gasteiger partial charge < -0.3 is 5.73 Å². The minimum Gasteiger partial charge on any atom is -0.384 e. The number of pyridine rings is 1. The minimum absolute atomic E-state index is 0.564. The summed E-state index contributed by atoms with van der Waals surface area (Å²) in [7, 11) is 0. The highest BCUT2D eigenvalue weighted by molar-refractivity contribution is 7.09. The van der Waals surface area contributed by atoms with Crippen molar-refractivity contribution in [1.29, 1.82) is 0 Å². The molecule has 2 N–H and O–H groups in total. The van der Waals surface area contributed by atoms with Crippen LogP contribution in [0.1, 0.15) is 10.6 Å². The van der Waals surface area contributed by atoms with Gasteiger partial charge in [0.05, 0.1) is 5.01 Å². The van der Waals surface area contributed by atoms with Crippen molar-refractivity contribution in [3.63, 3.8) is 0 Å². The number of aromatic nitrogens is 2. The Bertz CT molecular complexity index is 384. The van der Waals surface area contributed by atoms with Crippen molar-refractivity contribution in [3.8, 4) is 0 Å². The highest BCUT2D eigenvalue weighted by atomic mass is 32.1. The van der Waals surface area contributed by atoms with Gasteiger partial charge in [-0.2, -0.15) is 0 Å². The second kappa shape index (κ2) is 3.53. The fraction of sp³-hybridized carbons (Fsp3) is 0.111. The lowest BCUT2D eigenvalue weighted by atomic mass is 10.2. The van der Waals surface area contributed by atoms with Gasteiger partial charge in [0.1, 0.15) is 5.82 Å². The summed E-state index contributed by atoms with van der Waals surface area (Å²) in [4.78, 5) is 8.13. The zero-order valence-electron chi connectivity index (χ0n) is 6.97. The van der Waals surface area contributed by atoms with Crippen LogP contribution in [0.15, 0.2) is 29.9 Å². The molecule has 0 saturated carbocycles. The quantitative estimate of drug-likeness (QED) is 0.786. The van der Waals surface area contributed by atoms with E-state index in [1.807, 2.05) is 23.7 Å².